The van der Waals surface area contributed by atoms with Crippen LogP contribution in [-0.4, -0.2) is 33.4 Å². The maximum Gasteiger partial charge on any atom is 0.273 e. The van der Waals surface area contributed by atoms with E-state index in [0.717, 1.165) is 0 Å². The molecule has 2 rings (SSSR count). The fraction of sp³-hybridized carbons (Fsp3) is 0.167. The lowest BCUT2D eigenvalue weighted by atomic mass is 10.4. The van der Waals surface area contributed by atoms with E-state index in [1.807, 2.05) is 0 Å². The number of primary sulfonamides is 1. The molecule has 9 heteroatoms. The molecule has 0 unspecified atom stereocenters. The highest BCUT2D eigenvalue weighted by Gasteiger charge is 2.15. The summed E-state index contributed by atoms with van der Waals surface area (Å²) in [6.45, 7) is 0. The van der Waals surface area contributed by atoms with Crippen LogP contribution in [0.15, 0.2) is 17.4 Å². The first-order valence-corrected chi connectivity index (χ1v) is 5.46. The minimum atomic E-state index is -3.85. The van der Waals surface area contributed by atoms with Crippen LogP contribution in [0.3, 0.4) is 0 Å². The van der Waals surface area contributed by atoms with Crippen LogP contribution in [0.1, 0.15) is 0 Å². The number of aromatic amines is 1. The predicted molar refractivity (Wildman–Crippen MR) is 50.0 cm³/mol. The van der Waals surface area contributed by atoms with E-state index in [4.69, 9.17) is 5.14 Å². The maximum absolute atomic E-state index is 10.9. The van der Waals surface area contributed by atoms with Gasteiger partial charge in [0.05, 0.1) is 0 Å². The van der Waals surface area contributed by atoms with Gasteiger partial charge >= 0.3 is 0 Å². The molecule has 0 saturated carbocycles. The van der Waals surface area contributed by atoms with E-state index in [9.17, 15) is 8.42 Å². The Morgan fingerprint density at radius 2 is 2.27 bits per heavy atom. The van der Waals surface area contributed by atoms with Gasteiger partial charge in [-0.25, -0.2) is 18.7 Å². The lowest BCUT2D eigenvalue weighted by molar-refractivity contribution is 0.589. The zero-order valence-electron chi connectivity index (χ0n) is 7.75. The van der Waals surface area contributed by atoms with Crippen molar-refractivity contribution in [3.8, 4) is 11.5 Å². The molecule has 0 fully saturated rings. The summed E-state index contributed by atoms with van der Waals surface area (Å²) in [4.78, 5) is 3.71. The van der Waals surface area contributed by atoms with Gasteiger partial charge in [-0.3, -0.25) is 4.68 Å². The second kappa shape index (κ2) is 3.14. The van der Waals surface area contributed by atoms with E-state index in [1.54, 1.807) is 24.0 Å². The van der Waals surface area contributed by atoms with Gasteiger partial charge < -0.3 is 0 Å². The Morgan fingerprint density at radius 1 is 1.53 bits per heavy atom. The molecule has 0 amide bonds. The fourth-order valence-electron chi connectivity index (χ4n) is 1.02. The molecule has 15 heavy (non-hydrogen) atoms. The zero-order chi connectivity index (χ0) is 11.1. The molecule has 3 N–H and O–H groups in total. The van der Waals surface area contributed by atoms with Crippen molar-refractivity contribution in [3.05, 3.63) is 12.3 Å². The van der Waals surface area contributed by atoms with Crippen LogP contribution < -0.4 is 5.14 Å². The van der Waals surface area contributed by atoms with Crippen LogP contribution in [0.4, 0.5) is 0 Å². The van der Waals surface area contributed by atoms with Gasteiger partial charge in [0.25, 0.3) is 15.2 Å². The van der Waals surface area contributed by atoms with Gasteiger partial charge in [0.1, 0.15) is 5.69 Å². The summed E-state index contributed by atoms with van der Waals surface area (Å²) in [6.07, 6.45) is 1.70. The summed E-state index contributed by atoms with van der Waals surface area (Å²) in [6, 6.07) is 1.66. The van der Waals surface area contributed by atoms with Crippen molar-refractivity contribution < 1.29 is 8.42 Å². The number of sulfonamides is 1. The van der Waals surface area contributed by atoms with Gasteiger partial charge in [-0.15, -0.1) is 0 Å². The summed E-state index contributed by atoms with van der Waals surface area (Å²) >= 11 is 0. The number of nitrogens with zero attached hydrogens (tertiary/aromatic N) is 4. The molecule has 2 aromatic rings. The molecule has 0 aliphatic carbocycles. The Hall–Kier alpha value is -1.74. The van der Waals surface area contributed by atoms with Crippen molar-refractivity contribution >= 4 is 10.0 Å². The second-order valence-electron chi connectivity index (χ2n) is 2.88. The first-order valence-electron chi connectivity index (χ1n) is 3.92. The van der Waals surface area contributed by atoms with Gasteiger partial charge in [0, 0.05) is 13.2 Å². The van der Waals surface area contributed by atoms with Gasteiger partial charge in [0.2, 0.25) is 5.82 Å². The van der Waals surface area contributed by atoms with Crippen LogP contribution >= 0.6 is 0 Å². The molecule has 0 bridgehead atoms. The Kier molecular flexibility index (Phi) is 2.05. The Bertz CT molecular complexity index is 582. The molecule has 2 aromatic heterocycles. The van der Waals surface area contributed by atoms with Crippen molar-refractivity contribution in [2.45, 2.75) is 5.16 Å². The molecule has 0 aliphatic heterocycles. The van der Waals surface area contributed by atoms with E-state index in [2.05, 4.69) is 20.3 Å². The molecule has 8 nitrogen and oxygen atoms in total. The van der Waals surface area contributed by atoms with Crippen molar-refractivity contribution in [3.63, 3.8) is 0 Å². The van der Waals surface area contributed by atoms with Gasteiger partial charge in [-0.05, 0) is 6.07 Å². The minimum absolute atomic E-state index is 0.194. The van der Waals surface area contributed by atoms with Crippen LogP contribution in [0.25, 0.3) is 11.5 Å². The number of aromatic nitrogens is 5. The van der Waals surface area contributed by atoms with E-state index in [0.29, 0.717) is 5.69 Å². The predicted octanol–water partition coefficient (Wildman–Crippen LogP) is -1.15. The summed E-state index contributed by atoms with van der Waals surface area (Å²) in [5.41, 5.74) is 0.476. The van der Waals surface area contributed by atoms with E-state index < -0.39 is 10.0 Å². The van der Waals surface area contributed by atoms with Crippen molar-refractivity contribution in [1.82, 2.24) is 25.0 Å². The summed E-state index contributed by atoms with van der Waals surface area (Å²) in [7, 11) is -2.11. The third-order valence-electron chi connectivity index (χ3n) is 1.68. The van der Waals surface area contributed by atoms with E-state index in [-0.39, 0.29) is 11.0 Å². The van der Waals surface area contributed by atoms with E-state index >= 15 is 0 Å². The molecule has 2 heterocycles. The Labute approximate surface area is 85.2 Å². The number of H-pyrrole nitrogens is 1. The molecule has 0 saturated heterocycles. The van der Waals surface area contributed by atoms with Gasteiger partial charge in [0.15, 0.2) is 0 Å². The molecule has 0 aromatic carbocycles. The average Bonchev–Trinajstić information content (AvgIpc) is 2.69. The summed E-state index contributed by atoms with van der Waals surface area (Å²) in [5.74, 6) is 0.194. The van der Waals surface area contributed by atoms with Crippen molar-refractivity contribution in [1.29, 1.82) is 0 Å². The largest absolute Gasteiger partial charge is 0.275 e. The normalized spacial score (nSPS) is 11.9. The highest BCUT2D eigenvalue weighted by Crippen LogP contribution is 2.11. The number of rotatable bonds is 2. The number of hydrogen-bond donors (Lipinski definition) is 2. The Balaban J connectivity index is 2.44. The highest BCUT2D eigenvalue weighted by atomic mass is 32.2. The number of nitrogens with two attached hydrogens (primary N) is 1. The summed E-state index contributed by atoms with van der Waals surface area (Å²) < 4.78 is 23.4. The summed E-state index contributed by atoms with van der Waals surface area (Å²) in [5, 5.41) is 14.4. The zero-order valence-corrected chi connectivity index (χ0v) is 8.56. The van der Waals surface area contributed by atoms with Crippen molar-refractivity contribution in [2.75, 3.05) is 0 Å². The molecule has 80 valence electrons. The third-order valence-corrected chi connectivity index (χ3v) is 2.40. The second-order valence-corrected chi connectivity index (χ2v) is 4.36. The molecular weight excluding hydrogens is 220 g/mol. The quantitative estimate of drug-likeness (QED) is 0.672. The monoisotopic (exact) mass is 228 g/mol. The standard InChI is InChI=1S/C6H8N6O2S/c1-12-3-2-4(11-12)5-8-6(10-9-5)15(7,13)14/h2-3H,1H3,(H2,7,13,14)(H,8,9,10). The van der Waals surface area contributed by atoms with Crippen LogP contribution in [0.5, 0.6) is 0 Å². The van der Waals surface area contributed by atoms with Crippen molar-refractivity contribution in [2.24, 2.45) is 12.2 Å². The smallest absolute Gasteiger partial charge is 0.273 e. The maximum atomic E-state index is 10.9. The van der Waals surface area contributed by atoms with Gasteiger partial charge in [-0.1, -0.05) is 0 Å². The highest BCUT2D eigenvalue weighted by molar-refractivity contribution is 7.89. The number of hydrogen-bond acceptors (Lipinski definition) is 5. The Morgan fingerprint density at radius 3 is 2.73 bits per heavy atom. The average molecular weight is 228 g/mol. The molecule has 0 atom stereocenters. The molecular formula is C6H8N6O2S. The third kappa shape index (κ3) is 1.87. The minimum Gasteiger partial charge on any atom is -0.275 e. The molecule has 0 aliphatic rings. The van der Waals surface area contributed by atoms with Gasteiger partial charge in [-0.2, -0.15) is 15.2 Å². The van der Waals surface area contributed by atoms with E-state index in [1.165, 1.54) is 0 Å². The lowest BCUT2D eigenvalue weighted by Gasteiger charge is -1.87. The van der Waals surface area contributed by atoms with Crippen LogP contribution in [0, 0.1) is 0 Å². The number of aryl methyl sites for hydroxylation is 1. The number of nitrogens with one attached hydrogen (secondary N) is 1. The van der Waals surface area contributed by atoms with Crippen LogP contribution in [-0.2, 0) is 17.1 Å². The first kappa shape index (κ1) is 9.80. The molecule has 0 spiro atoms. The first-order chi connectivity index (χ1) is 6.97. The lowest BCUT2D eigenvalue weighted by Crippen LogP contribution is -2.13. The fourth-order valence-corrected chi connectivity index (χ4v) is 1.41. The molecule has 0 radical (unpaired) electrons. The topological polar surface area (TPSA) is 120 Å². The SMILES string of the molecule is Cn1ccc(-c2n[nH]c(S(N)(=O)=O)n2)n1. The van der Waals surface area contributed by atoms with Crippen LogP contribution in [0.2, 0.25) is 0 Å².